The number of hydrogen-bond acceptors (Lipinski definition) is 3. The summed E-state index contributed by atoms with van der Waals surface area (Å²) in [6, 6.07) is 0.204. The van der Waals surface area contributed by atoms with Crippen LogP contribution in [0.3, 0.4) is 0 Å². The summed E-state index contributed by atoms with van der Waals surface area (Å²) in [7, 11) is 0. The van der Waals surface area contributed by atoms with E-state index in [0.717, 1.165) is 39.0 Å². The Morgan fingerprint density at radius 1 is 1.22 bits per heavy atom. The maximum absolute atomic E-state index is 12.0. The molecular formula is C14H29N3O. The van der Waals surface area contributed by atoms with Crippen molar-refractivity contribution >= 4 is 5.91 Å². The van der Waals surface area contributed by atoms with Crippen LogP contribution >= 0.6 is 0 Å². The van der Waals surface area contributed by atoms with Gasteiger partial charge in [-0.05, 0) is 40.5 Å². The van der Waals surface area contributed by atoms with Crippen molar-refractivity contribution in [1.82, 2.24) is 9.80 Å². The van der Waals surface area contributed by atoms with E-state index >= 15 is 0 Å². The van der Waals surface area contributed by atoms with Gasteiger partial charge in [-0.25, -0.2) is 0 Å². The summed E-state index contributed by atoms with van der Waals surface area (Å²) in [6.45, 7) is 12.4. The van der Waals surface area contributed by atoms with Crippen molar-refractivity contribution in [2.24, 2.45) is 5.73 Å². The van der Waals surface area contributed by atoms with E-state index in [1.54, 1.807) is 0 Å². The fourth-order valence-corrected chi connectivity index (χ4v) is 2.36. The summed E-state index contributed by atoms with van der Waals surface area (Å²) in [5.74, 6) is 0.296. The average Bonchev–Trinajstić information content (AvgIpc) is 2.27. The Hall–Kier alpha value is -0.610. The highest BCUT2D eigenvalue weighted by Gasteiger charge is 2.27. The molecule has 0 aromatic heterocycles. The molecule has 0 aromatic rings. The largest absolute Gasteiger partial charge is 0.340 e. The Kier molecular flexibility index (Phi) is 5.60. The van der Waals surface area contributed by atoms with Gasteiger partial charge in [0.05, 0.1) is 0 Å². The SMILES string of the molecule is CC(N)CCCC(=O)N1CCN(C(C)(C)C)CC1. The minimum absolute atomic E-state index is 0.204. The van der Waals surface area contributed by atoms with Crippen molar-refractivity contribution in [3.05, 3.63) is 0 Å². The Morgan fingerprint density at radius 2 is 1.78 bits per heavy atom. The van der Waals surface area contributed by atoms with Gasteiger partial charge < -0.3 is 10.6 Å². The Labute approximate surface area is 111 Å². The van der Waals surface area contributed by atoms with Crippen LogP contribution in [0.1, 0.15) is 47.0 Å². The molecule has 0 bridgehead atoms. The number of nitrogens with zero attached hydrogens (tertiary/aromatic N) is 2. The summed E-state index contributed by atoms with van der Waals surface area (Å²) in [5, 5.41) is 0. The van der Waals surface area contributed by atoms with Crippen LogP contribution in [0.25, 0.3) is 0 Å². The van der Waals surface area contributed by atoms with Crippen molar-refractivity contribution in [2.45, 2.75) is 58.5 Å². The standard InChI is InChI=1S/C14H29N3O/c1-12(15)6-5-7-13(18)16-8-10-17(11-9-16)14(2,3)4/h12H,5-11,15H2,1-4H3. The van der Waals surface area contributed by atoms with Gasteiger partial charge in [0.15, 0.2) is 0 Å². The van der Waals surface area contributed by atoms with Gasteiger partial charge in [-0.2, -0.15) is 0 Å². The lowest BCUT2D eigenvalue weighted by Crippen LogP contribution is -2.54. The second-order valence-corrected chi connectivity index (χ2v) is 6.41. The first-order chi connectivity index (χ1) is 8.30. The molecule has 1 aliphatic heterocycles. The molecule has 0 saturated carbocycles. The lowest BCUT2D eigenvalue weighted by molar-refractivity contribution is -0.133. The average molecular weight is 255 g/mol. The molecule has 2 N–H and O–H groups in total. The van der Waals surface area contributed by atoms with Gasteiger partial charge in [-0.3, -0.25) is 9.69 Å². The van der Waals surface area contributed by atoms with Crippen molar-refractivity contribution in [3.8, 4) is 0 Å². The molecule has 1 saturated heterocycles. The van der Waals surface area contributed by atoms with Crippen LogP contribution in [-0.2, 0) is 4.79 Å². The molecule has 0 aliphatic carbocycles. The Bertz CT molecular complexity index is 263. The van der Waals surface area contributed by atoms with Crippen LogP contribution in [-0.4, -0.2) is 53.5 Å². The zero-order chi connectivity index (χ0) is 13.8. The molecule has 0 spiro atoms. The van der Waals surface area contributed by atoms with Crippen molar-refractivity contribution in [3.63, 3.8) is 0 Å². The predicted octanol–water partition coefficient (Wildman–Crippen LogP) is 1.45. The van der Waals surface area contributed by atoms with E-state index in [1.165, 1.54) is 0 Å². The van der Waals surface area contributed by atoms with Gasteiger partial charge in [0.1, 0.15) is 0 Å². The van der Waals surface area contributed by atoms with E-state index in [-0.39, 0.29) is 11.6 Å². The molecule has 1 unspecified atom stereocenters. The predicted molar refractivity (Wildman–Crippen MR) is 75.4 cm³/mol. The smallest absolute Gasteiger partial charge is 0.222 e. The third kappa shape index (κ3) is 4.94. The minimum atomic E-state index is 0.204. The molecule has 4 heteroatoms. The fourth-order valence-electron chi connectivity index (χ4n) is 2.36. The molecule has 1 fully saturated rings. The number of rotatable bonds is 4. The monoisotopic (exact) mass is 255 g/mol. The third-order valence-corrected chi connectivity index (χ3v) is 3.63. The van der Waals surface area contributed by atoms with Crippen molar-refractivity contribution < 1.29 is 4.79 Å². The second-order valence-electron chi connectivity index (χ2n) is 6.41. The highest BCUT2D eigenvalue weighted by Crippen LogP contribution is 2.16. The summed E-state index contributed by atoms with van der Waals surface area (Å²) in [4.78, 5) is 16.4. The maximum Gasteiger partial charge on any atom is 0.222 e. The summed E-state index contributed by atoms with van der Waals surface area (Å²) in [5.41, 5.74) is 5.90. The molecule has 1 amide bonds. The van der Waals surface area contributed by atoms with E-state index in [2.05, 4.69) is 25.7 Å². The number of piperazine rings is 1. The van der Waals surface area contributed by atoms with Gasteiger partial charge in [0.25, 0.3) is 0 Å². The number of nitrogens with two attached hydrogens (primary N) is 1. The van der Waals surface area contributed by atoms with Crippen molar-refractivity contribution in [2.75, 3.05) is 26.2 Å². The van der Waals surface area contributed by atoms with Crippen LogP contribution in [0.5, 0.6) is 0 Å². The molecule has 0 aromatic carbocycles. The normalized spacial score (nSPS) is 19.9. The molecule has 18 heavy (non-hydrogen) atoms. The van der Waals surface area contributed by atoms with Gasteiger partial charge in [-0.15, -0.1) is 0 Å². The van der Waals surface area contributed by atoms with E-state index < -0.39 is 0 Å². The molecular weight excluding hydrogens is 226 g/mol. The second kappa shape index (κ2) is 6.53. The first-order valence-electron chi connectivity index (χ1n) is 7.09. The first kappa shape index (κ1) is 15.4. The zero-order valence-corrected chi connectivity index (χ0v) is 12.4. The van der Waals surface area contributed by atoms with E-state index in [4.69, 9.17) is 5.73 Å². The summed E-state index contributed by atoms with van der Waals surface area (Å²) >= 11 is 0. The highest BCUT2D eigenvalue weighted by molar-refractivity contribution is 5.76. The Morgan fingerprint density at radius 3 is 2.22 bits per heavy atom. The molecule has 1 atom stereocenters. The minimum Gasteiger partial charge on any atom is -0.340 e. The van der Waals surface area contributed by atoms with Gasteiger partial charge in [0, 0.05) is 44.2 Å². The zero-order valence-electron chi connectivity index (χ0n) is 12.4. The molecule has 4 nitrogen and oxygen atoms in total. The number of amides is 1. The van der Waals surface area contributed by atoms with Gasteiger partial charge in [0.2, 0.25) is 5.91 Å². The van der Waals surface area contributed by atoms with Crippen LogP contribution < -0.4 is 5.73 Å². The lowest BCUT2D eigenvalue weighted by Gasteiger charge is -2.42. The quantitative estimate of drug-likeness (QED) is 0.827. The topological polar surface area (TPSA) is 49.6 Å². The molecule has 1 heterocycles. The number of hydrogen-bond donors (Lipinski definition) is 1. The number of carbonyl (C=O) groups excluding carboxylic acids is 1. The lowest BCUT2D eigenvalue weighted by atomic mass is 10.0. The summed E-state index contributed by atoms with van der Waals surface area (Å²) < 4.78 is 0. The first-order valence-corrected chi connectivity index (χ1v) is 7.09. The molecule has 106 valence electrons. The van der Waals surface area contributed by atoms with E-state index in [9.17, 15) is 4.79 Å². The maximum atomic E-state index is 12.0. The Balaban J connectivity index is 2.28. The van der Waals surface area contributed by atoms with Crippen LogP contribution in [0.4, 0.5) is 0 Å². The van der Waals surface area contributed by atoms with Crippen LogP contribution in [0.2, 0.25) is 0 Å². The van der Waals surface area contributed by atoms with Crippen LogP contribution in [0.15, 0.2) is 0 Å². The van der Waals surface area contributed by atoms with Crippen LogP contribution in [0, 0.1) is 0 Å². The fraction of sp³-hybridized carbons (Fsp3) is 0.929. The highest BCUT2D eigenvalue weighted by atomic mass is 16.2. The van der Waals surface area contributed by atoms with E-state index in [0.29, 0.717) is 12.3 Å². The van der Waals surface area contributed by atoms with Crippen molar-refractivity contribution in [1.29, 1.82) is 0 Å². The summed E-state index contributed by atoms with van der Waals surface area (Å²) in [6.07, 6.45) is 2.50. The van der Waals surface area contributed by atoms with Gasteiger partial charge >= 0.3 is 0 Å². The van der Waals surface area contributed by atoms with Gasteiger partial charge in [-0.1, -0.05) is 0 Å². The number of carbonyl (C=O) groups is 1. The molecule has 1 rings (SSSR count). The van der Waals surface area contributed by atoms with E-state index in [1.807, 2.05) is 11.8 Å². The molecule has 1 aliphatic rings. The third-order valence-electron chi connectivity index (χ3n) is 3.63. The molecule has 0 radical (unpaired) electrons.